The van der Waals surface area contributed by atoms with Gasteiger partial charge >= 0.3 is 0 Å². The van der Waals surface area contributed by atoms with E-state index in [1.807, 2.05) is 30.6 Å². The first kappa shape index (κ1) is 19.0. The molecule has 0 bridgehead atoms. The van der Waals surface area contributed by atoms with Crippen LogP contribution in [-0.2, 0) is 19.5 Å². The van der Waals surface area contributed by atoms with Crippen LogP contribution in [0, 0.1) is 0 Å². The fraction of sp³-hybridized carbons (Fsp3) is 0.375. The molecular formula is C24H26N4O2. The van der Waals surface area contributed by atoms with Crippen LogP contribution in [0.1, 0.15) is 41.4 Å². The topological polar surface area (TPSA) is 60.4 Å². The van der Waals surface area contributed by atoms with Crippen LogP contribution in [0.5, 0.6) is 11.5 Å². The first-order valence-corrected chi connectivity index (χ1v) is 10.5. The van der Waals surface area contributed by atoms with Gasteiger partial charge in [-0.3, -0.25) is 9.88 Å². The molecule has 6 heteroatoms. The van der Waals surface area contributed by atoms with Gasteiger partial charge in [0.1, 0.15) is 17.3 Å². The summed E-state index contributed by atoms with van der Waals surface area (Å²) in [6.07, 6.45) is 7.48. The molecule has 1 aliphatic heterocycles. The van der Waals surface area contributed by atoms with Crippen molar-refractivity contribution in [3.05, 3.63) is 65.4 Å². The fourth-order valence-electron chi connectivity index (χ4n) is 4.01. The number of benzene rings is 1. The molecule has 154 valence electrons. The third-order valence-corrected chi connectivity index (χ3v) is 5.89. The van der Waals surface area contributed by atoms with Gasteiger partial charge in [-0.15, -0.1) is 0 Å². The minimum Gasteiger partial charge on any atom is -0.497 e. The van der Waals surface area contributed by atoms with Gasteiger partial charge in [0.25, 0.3) is 0 Å². The van der Waals surface area contributed by atoms with Crippen molar-refractivity contribution in [3.8, 4) is 22.8 Å². The smallest absolute Gasteiger partial charge is 0.131 e. The van der Waals surface area contributed by atoms with E-state index in [1.165, 1.54) is 29.7 Å². The van der Waals surface area contributed by atoms with E-state index >= 15 is 0 Å². The Kier molecular flexibility index (Phi) is 5.09. The lowest BCUT2D eigenvalue weighted by atomic mass is 10.1. The maximum atomic E-state index is 5.50. The number of fused-ring (bicyclic) bond motifs is 1. The highest BCUT2D eigenvalue weighted by Gasteiger charge is 2.28. The maximum absolute atomic E-state index is 5.50. The number of nitrogens with zero attached hydrogens (tertiary/aromatic N) is 4. The van der Waals surface area contributed by atoms with E-state index in [0.29, 0.717) is 5.92 Å². The standard InChI is InChI=1S/C24H26N4O2/c1-29-19-6-8-23(30-2)20(11-19)22-7-3-16(12-25-22)14-28-10-9-21-18(15-28)13-26-24(27-21)17-4-5-17/h3,6-8,11-13,17H,4-5,9-10,14-15H2,1-2H3. The Balaban J connectivity index is 1.29. The summed E-state index contributed by atoms with van der Waals surface area (Å²) in [5, 5.41) is 0. The summed E-state index contributed by atoms with van der Waals surface area (Å²) < 4.78 is 10.8. The van der Waals surface area contributed by atoms with Crippen LogP contribution in [0.3, 0.4) is 0 Å². The molecule has 5 rings (SSSR count). The molecule has 1 aliphatic carbocycles. The van der Waals surface area contributed by atoms with Crippen molar-refractivity contribution < 1.29 is 9.47 Å². The third-order valence-electron chi connectivity index (χ3n) is 5.89. The Morgan fingerprint density at radius 1 is 1.03 bits per heavy atom. The lowest BCUT2D eigenvalue weighted by Gasteiger charge is -2.28. The van der Waals surface area contributed by atoms with Crippen LogP contribution in [0.2, 0.25) is 0 Å². The molecule has 0 saturated heterocycles. The number of aromatic nitrogens is 3. The van der Waals surface area contributed by atoms with Crippen molar-refractivity contribution in [2.45, 2.75) is 38.3 Å². The van der Waals surface area contributed by atoms with Crippen LogP contribution in [-0.4, -0.2) is 40.6 Å². The molecule has 3 heterocycles. The molecule has 0 unspecified atom stereocenters. The van der Waals surface area contributed by atoms with E-state index < -0.39 is 0 Å². The molecule has 0 N–H and O–H groups in total. The van der Waals surface area contributed by atoms with Gasteiger partial charge < -0.3 is 9.47 Å². The minimum atomic E-state index is 0.612. The van der Waals surface area contributed by atoms with Gasteiger partial charge in [-0.05, 0) is 42.7 Å². The predicted molar refractivity (Wildman–Crippen MR) is 115 cm³/mol. The van der Waals surface area contributed by atoms with Gasteiger partial charge in [0, 0.05) is 61.2 Å². The molecule has 1 fully saturated rings. The second kappa shape index (κ2) is 8.03. The van der Waals surface area contributed by atoms with E-state index in [2.05, 4.69) is 22.0 Å². The number of hydrogen-bond acceptors (Lipinski definition) is 6. The average Bonchev–Trinajstić information content (AvgIpc) is 3.64. The zero-order valence-electron chi connectivity index (χ0n) is 17.5. The second-order valence-electron chi connectivity index (χ2n) is 8.05. The van der Waals surface area contributed by atoms with Crippen molar-refractivity contribution in [1.82, 2.24) is 19.9 Å². The second-order valence-corrected chi connectivity index (χ2v) is 8.05. The summed E-state index contributed by atoms with van der Waals surface area (Å²) in [5.74, 6) is 3.24. The summed E-state index contributed by atoms with van der Waals surface area (Å²) in [6, 6.07) is 9.95. The summed E-state index contributed by atoms with van der Waals surface area (Å²) in [6.45, 7) is 2.78. The molecule has 30 heavy (non-hydrogen) atoms. The Morgan fingerprint density at radius 3 is 2.67 bits per heavy atom. The summed E-state index contributed by atoms with van der Waals surface area (Å²) in [5.41, 5.74) is 5.50. The molecule has 0 atom stereocenters. The van der Waals surface area contributed by atoms with Gasteiger partial charge in [-0.2, -0.15) is 0 Å². The molecule has 0 radical (unpaired) electrons. The van der Waals surface area contributed by atoms with E-state index in [4.69, 9.17) is 19.4 Å². The highest BCUT2D eigenvalue weighted by Crippen LogP contribution is 2.38. The molecule has 2 aliphatic rings. The highest BCUT2D eigenvalue weighted by atomic mass is 16.5. The number of hydrogen-bond donors (Lipinski definition) is 0. The van der Waals surface area contributed by atoms with Crippen molar-refractivity contribution in [1.29, 1.82) is 0 Å². The van der Waals surface area contributed by atoms with Gasteiger partial charge in [-0.25, -0.2) is 9.97 Å². The SMILES string of the molecule is COc1ccc(OC)c(-c2ccc(CN3CCc4nc(C5CC5)ncc4C3)cn2)c1. The normalized spacial score (nSPS) is 16.2. The van der Waals surface area contributed by atoms with Crippen molar-refractivity contribution in [2.75, 3.05) is 20.8 Å². The van der Waals surface area contributed by atoms with E-state index in [1.54, 1.807) is 14.2 Å². The Bertz CT molecular complexity index is 1050. The van der Waals surface area contributed by atoms with Gasteiger partial charge in [-0.1, -0.05) is 6.07 Å². The molecule has 3 aromatic rings. The Hall–Kier alpha value is -2.99. The summed E-state index contributed by atoms with van der Waals surface area (Å²) in [4.78, 5) is 16.5. The molecular weight excluding hydrogens is 376 g/mol. The van der Waals surface area contributed by atoms with Gasteiger partial charge in [0.2, 0.25) is 0 Å². The average molecular weight is 402 g/mol. The first-order chi connectivity index (χ1) is 14.7. The quantitative estimate of drug-likeness (QED) is 0.621. The number of ether oxygens (including phenoxy) is 2. The zero-order valence-corrected chi connectivity index (χ0v) is 17.5. The van der Waals surface area contributed by atoms with E-state index in [-0.39, 0.29) is 0 Å². The summed E-state index contributed by atoms with van der Waals surface area (Å²) >= 11 is 0. The Labute approximate surface area is 176 Å². The van der Waals surface area contributed by atoms with Crippen LogP contribution in [0.15, 0.2) is 42.7 Å². The van der Waals surface area contributed by atoms with Gasteiger partial charge in [0.15, 0.2) is 0 Å². The summed E-state index contributed by atoms with van der Waals surface area (Å²) in [7, 11) is 3.34. The molecule has 0 amide bonds. The minimum absolute atomic E-state index is 0.612. The fourth-order valence-corrected chi connectivity index (χ4v) is 4.01. The molecule has 1 saturated carbocycles. The zero-order chi connectivity index (χ0) is 20.5. The molecule has 6 nitrogen and oxygen atoms in total. The predicted octanol–water partition coefficient (Wildman–Crippen LogP) is 3.99. The lowest BCUT2D eigenvalue weighted by molar-refractivity contribution is 0.242. The van der Waals surface area contributed by atoms with E-state index in [0.717, 1.165) is 54.6 Å². The van der Waals surface area contributed by atoms with Crippen LogP contribution < -0.4 is 9.47 Å². The molecule has 1 aromatic carbocycles. The van der Waals surface area contributed by atoms with Crippen molar-refractivity contribution >= 4 is 0 Å². The number of pyridine rings is 1. The largest absolute Gasteiger partial charge is 0.497 e. The monoisotopic (exact) mass is 402 g/mol. The molecule has 2 aromatic heterocycles. The Morgan fingerprint density at radius 2 is 1.93 bits per heavy atom. The van der Waals surface area contributed by atoms with E-state index in [9.17, 15) is 0 Å². The third kappa shape index (κ3) is 3.87. The number of methoxy groups -OCH3 is 2. The molecule has 0 spiro atoms. The van der Waals surface area contributed by atoms with Gasteiger partial charge in [0.05, 0.1) is 19.9 Å². The van der Waals surface area contributed by atoms with Crippen molar-refractivity contribution in [2.24, 2.45) is 0 Å². The van der Waals surface area contributed by atoms with Crippen LogP contribution in [0.25, 0.3) is 11.3 Å². The first-order valence-electron chi connectivity index (χ1n) is 10.5. The number of rotatable bonds is 6. The highest BCUT2D eigenvalue weighted by molar-refractivity contribution is 5.69. The lowest BCUT2D eigenvalue weighted by Crippen LogP contribution is -2.31. The maximum Gasteiger partial charge on any atom is 0.131 e. The van der Waals surface area contributed by atoms with Crippen LogP contribution in [0.4, 0.5) is 0 Å². The van der Waals surface area contributed by atoms with Crippen molar-refractivity contribution in [3.63, 3.8) is 0 Å². The van der Waals surface area contributed by atoms with Crippen LogP contribution >= 0.6 is 0 Å².